The summed E-state index contributed by atoms with van der Waals surface area (Å²) in [5, 5.41) is 0.165. The second-order valence-electron chi connectivity index (χ2n) is 2.33. The van der Waals surface area contributed by atoms with Gasteiger partial charge in [0, 0.05) is 6.21 Å². The minimum Gasteiger partial charge on any atom is -0.240 e. The van der Waals surface area contributed by atoms with Crippen molar-refractivity contribution < 1.29 is 0 Å². The van der Waals surface area contributed by atoms with E-state index < -0.39 is 0 Å². The lowest BCUT2D eigenvalue weighted by molar-refractivity contribution is 1.15. The minimum absolute atomic E-state index is 0.0625. The summed E-state index contributed by atoms with van der Waals surface area (Å²) >= 11 is 10.6. The van der Waals surface area contributed by atoms with E-state index in [0.29, 0.717) is 10.8 Å². The van der Waals surface area contributed by atoms with E-state index in [1.807, 2.05) is 12.2 Å². The van der Waals surface area contributed by atoms with Crippen molar-refractivity contribution in [2.45, 2.75) is 0 Å². The molecule has 0 aromatic rings. The Balaban J connectivity index is 2.45. The van der Waals surface area contributed by atoms with Crippen LogP contribution in [0, 0.1) is 5.92 Å². The van der Waals surface area contributed by atoms with Gasteiger partial charge in [0.15, 0.2) is 0 Å². The van der Waals surface area contributed by atoms with Gasteiger partial charge >= 0.3 is 0 Å². The van der Waals surface area contributed by atoms with Crippen LogP contribution in [-0.4, -0.2) is 22.3 Å². The van der Waals surface area contributed by atoms with E-state index in [9.17, 15) is 0 Å². The standard InChI is InChI=1S/C7H4ClN3S/c8-7-10-5-4(6(12)11-7)2-1-3-9-5/h1-4H. The highest BCUT2D eigenvalue weighted by atomic mass is 35.5. The van der Waals surface area contributed by atoms with Crippen LogP contribution in [-0.2, 0) is 0 Å². The van der Waals surface area contributed by atoms with Gasteiger partial charge in [-0.3, -0.25) is 0 Å². The second-order valence-corrected chi connectivity index (χ2v) is 3.09. The molecule has 2 heterocycles. The Morgan fingerprint density at radius 2 is 2.25 bits per heavy atom. The van der Waals surface area contributed by atoms with Crippen molar-refractivity contribution in [3.05, 3.63) is 12.2 Å². The molecule has 0 aromatic carbocycles. The lowest BCUT2D eigenvalue weighted by Crippen LogP contribution is -2.24. The summed E-state index contributed by atoms with van der Waals surface area (Å²) in [5.41, 5.74) is 0. The predicted molar refractivity (Wildman–Crippen MR) is 54.4 cm³/mol. The van der Waals surface area contributed by atoms with Crippen LogP contribution >= 0.6 is 23.8 Å². The normalized spacial score (nSPS) is 26.4. The highest BCUT2D eigenvalue weighted by Gasteiger charge is 2.23. The Bertz CT molecular complexity index is 354. The van der Waals surface area contributed by atoms with Crippen molar-refractivity contribution >= 4 is 46.2 Å². The van der Waals surface area contributed by atoms with Gasteiger partial charge in [-0.1, -0.05) is 18.3 Å². The Labute approximate surface area is 79.6 Å². The van der Waals surface area contributed by atoms with Gasteiger partial charge in [-0.15, -0.1) is 0 Å². The Kier molecular flexibility index (Phi) is 1.86. The molecule has 2 aliphatic heterocycles. The number of fused-ring (bicyclic) bond motifs is 1. The van der Waals surface area contributed by atoms with Crippen LogP contribution in [0.4, 0.5) is 0 Å². The van der Waals surface area contributed by atoms with Crippen LogP contribution < -0.4 is 0 Å². The molecule has 0 N–H and O–H groups in total. The first kappa shape index (κ1) is 7.76. The molecule has 1 unspecified atom stereocenters. The quantitative estimate of drug-likeness (QED) is 0.429. The third kappa shape index (κ3) is 1.23. The van der Waals surface area contributed by atoms with Crippen molar-refractivity contribution in [1.82, 2.24) is 0 Å². The van der Waals surface area contributed by atoms with Crippen LogP contribution in [0.25, 0.3) is 0 Å². The number of amidine groups is 2. The van der Waals surface area contributed by atoms with E-state index >= 15 is 0 Å². The average Bonchev–Trinajstić information content (AvgIpc) is 2.04. The number of hydrogen-bond donors (Lipinski definition) is 0. The van der Waals surface area contributed by atoms with E-state index in [4.69, 9.17) is 23.8 Å². The molecule has 0 amide bonds. The van der Waals surface area contributed by atoms with Gasteiger partial charge in [0.25, 0.3) is 0 Å². The second kappa shape index (κ2) is 2.88. The largest absolute Gasteiger partial charge is 0.240 e. The molecule has 3 nitrogen and oxygen atoms in total. The summed E-state index contributed by atoms with van der Waals surface area (Å²) in [6, 6.07) is 0. The van der Waals surface area contributed by atoms with Crippen LogP contribution in [0.2, 0.25) is 0 Å². The van der Waals surface area contributed by atoms with E-state index in [1.165, 1.54) is 0 Å². The first-order valence-corrected chi connectivity index (χ1v) is 4.13. The van der Waals surface area contributed by atoms with Crippen LogP contribution in [0.5, 0.6) is 0 Å². The maximum absolute atomic E-state index is 5.61. The number of halogens is 1. The first-order valence-electron chi connectivity index (χ1n) is 3.35. The Morgan fingerprint density at radius 3 is 3.08 bits per heavy atom. The van der Waals surface area contributed by atoms with Crippen molar-refractivity contribution in [2.75, 3.05) is 0 Å². The predicted octanol–water partition coefficient (Wildman–Crippen LogP) is 1.58. The first-order chi connectivity index (χ1) is 5.77. The van der Waals surface area contributed by atoms with E-state index in [0.717, 1.165) is 0 Å². The van der Waals surface area contributed by atoms with Gasteiger partial charge < -0.3 is 0 Å². The maximum atomic E-state index is 5.61. The summed E-state index contributed by atoms with van der Waals surface area (Å²) in [5.74, 6) is 0.565. The number of dihydropyridines is 1. The third-order valence-electron chi connectivity index (χ3n) is 1.55. The molecule has 0 aliphatic carbocycles. The zero-order valence-corrected chi connectivity index (χ0v) is 7.51. The third-order valence-corrected chi connectivity index (χ3v) is 2.06. The molecule has 60 valence electrons. The molecular formula is C7H4ClN3S. The lowest BCUT2D eigenvalue weighted by Gasteiger charge is -2.16. The van der Waals surface area contributed by atoms with E-state index in [-0.39, 0.29) is 11.2 Å². The van der Waals surface area contributed by atoms with Gasteiger partial charge in [0.1, 0.15) is 10.8 Å². The minimum atomic E-state index is -0.0625. The number of aliphatic imine (C=N–C) groups is 3. The van der Waals surface area contributed by atoms with Crippen LogP contribution in [0.15, 0.2) is 27.1 Å². The average molecular weight is 198 g/mol. The zero-order chi connectivity index (χ0) is 8.55. The number of hydrogen-bond acceptors (Lipinski definition) is 3. The summed E-state index contributed by atoms with van der Waals surface area (Å²) < 4.78 is 0. The molecule has 12 heavy (non-hydrogen) atoms. The molecule has 0 bridgehead atoms. The monoisotopic (exact) mass is 197 g/mol. The van der Waals surface area contributed by atoms with Crippen LogP contribution in [0.1, 0.15) is 0 Å². The van der Waals surface area contributed by atoms with Crippen molar-refractivity contribution in [3.8, 4) is 0 Å². The SMILES string of the molecule is S=C1N=C(Cl)N=C2N=CC=CC12. The zero-order valence-electron chi connectivity index (χ0n) is 5.94. The van der Waals surface area contributed by atoms with Gasteiger partial charge in [0.05, 0.1) is 5.92 Å². The number of allylic oxidation sites excluding steroid dienone is 1. The number of rotatable bonds is 0. The van der Waals surface area contributed by atoms with Gasteiger partial charge in [-0.05, 0) is 17.7 Å². The fourth-order valence-corrected chi connectivity index (χ4v) is 1.52. The Hall–Kier alpha value is -0.870. The fraction of sp³-hybridized carbons (Fsp3) is 0.143. The summed E-state index contributed by atoms with van der Waals surface area (Å²) in [4.78, 5) is 12.4. The smallest absolute Gasteiger partial charge is 0.225 e. The molecule has 1 atom stereocenters. The summed E-state index contributed by atoms with van der Waals surface area (Å²) in [7, 11) is 0. The van der Waals surface area contributed by atoms with Crippen molar-refractivity contribution in [3.63, 3.8) is 0 Å². The lowest BCUT2D eigenvalue weighted by atomic mass is 10.1. The number of nitrogens with zero attached hydrogens (tertiary/aromatic N) is 3. The fourth-order valence-electron chi connectivity index (χ4n) is 1.02. The molecule has 0 aromatic heterocycles. The molecule has 5 heteroatoms. The topological polar surface area (TPSA) is 37.1 Å². The van der Waals surface area contributed by atoms with Crippen molar-refractivity contribution in [2.24, 2.45) is 20.9 Å². The highest BCUT2D eigenvalue weighted by molar-refractivity contribution is 7.80. The number of thiocarbonyl (C=S) groups is 1. The van der Waals surface area contributed by atoms with E-state index in [1.54, 1.807) is 6.21 Å². The molecule has 0 radical (unpaired) electrons. The molecule has 2 aliphatic rings. The molecule has 0 spiro atoms. The van der Waals surface area contributed by atoms with Crippen LogP contribution in [0.3, 0.4) is 0 Å². The summed E-state index contributed by atoms with van der Waals surface area (Å²) in [6.45, 7) is 0. The summed E-state index contributed by atoms with van der Waals surface area (Å²) in [6.07, 6.45) is 5.39. The van der Waals surface area contributed by atoms with Crippen molar-refractivity contribution in [1.29, 1.82) is 0 Å². The molecule has 0 saturated heterocycles. The molecule has 0 saturated carbocycles. The molecular weight excluding hydrogens is 194 g/mol. The maximum Gasteiger partial charge on any atom is 0.225 e. The Morgan fingerprint density at radius 1 is 1.42 bits per heavy atom. The highest BCUT2D eigenvalue weighted by Crippen LogP contribution is 2.16. The van der Waals surface area contributed by atoms with Gasteiger partial charge in [-0.25, -0.2) is 15.0 Å². The van der Waals surface area contributed by atoms with E-state index in [2.05, 4.69) is 15.0 Å². The molecule has 2 rings (SSSR count). The van der Waals surface area contributed by atoms with Gasteiger partial charge in [-0.2, -0.15) is 0 Å². The van der Waals surface area contributed by atoms with Gasteiger partial charge in [0.2, 0.25) is 5.29 Å². The molecule has 0 fully saturated rings.